The van der Waals surface area contributed by atoms with Gasteiger partial charge in [0, 0.05) is 24.8 Å². The number of aryl methyl sites for hydroxylation is 4. The molecule has 5 rings (SSSR count). The molecule has 0 bridgehead atoms. The van der Waals surface area contributed by atoms with Gasteiger partial charge in [-0.3, -0.25) is 24.4 Å². The van der Waals surface area contributed by atoms with Crippen LogP contribution in [-0.4, -0.2) is 52.0 Å². The van der Waals surface area contributed by atoms with Gasteiger partial charge in [0.15, 0.2) is 5.84 Å². The number of hydrazine groups is 2. The molecule has 0 fully saturated rings. The summed E-state index contributed by atoms with van der Waals surface area (Å²) >= 11 is 0. The number of hydrazone groups is 1. The Kier molecular flexibility index (Phi) is 23.3. The van der Waals surface area contributed by atoms with E-state index >= 15 is 0 Å². The quantitative estimate of drug-likeness (QED) is 0.0245. The van der Waals surface area contributed by atoms with E-state index in [4.69, 9.17) is 25.0 Å². The molecule has 1 heterocycles. The van der Waals surface area contributed by atoms with Gasteiger partial charge in [-0.25, -0.2) is 0 Å². The Bertz CT molecular complexity index is 2200. The monoisotopic (exact) mass is 926 g/mol. The van der Waals surface area contributed by atoms with Gasteiger partial charge in [-0.2, -0.15) is 18.7 Å². The zero-order valence-corrected chi connectivity index (χ0v) is 39.4. The first-order valence-corrected chi connectivity index (χ1v) is 25.2. The summed E-state index contributed by atoms with van der Waals surface area (Å²) < 4.78 is 31.0. The predicted molar refractivity (Wildman–Crippen MR) is 261 cm³/mol. The lowest BCUT2D eigenvalue weighted by atomic mass is 10.0. The number of carboxylic acids is 3. The maximum atomic E-state index is 11.0. The highest BCUT2D eigenvalue weighted by Gasteiger charge is 2.26. The Morgan fingerprint density at radius 1 is 0.485 bits per heavy atom. The van der Waals surface area contributed by atoms with E-state index in [1.54, 1.807) is 22.4 Å². The number of rotatable bonds is 30. The molecule has 0 saturated carbocycles. The van der Waals surface area contributed by atoms with Crippen molar-refractivity contribution < 1.29 is 42.7 Å². The molecule has 0 unspecified atom stereocenters. The zero-order valence-electron chi connectivity index (χ0n) is 38.6. The van der Waals surface area contributed by atoms with E-state index in [2.05, 4.69) is 12.3 Å². The first-order valence-electron chi connectivity index (χ1n) is 23.8. The number of anilines is 2. The molecule has 66 heavy (non-hydrogen) atoms. The number of carboxylic acid groups (broad SMARTS) is 3. The Hall–Kier alpha value is -5.73. The number of unbranched alkanes of at least 4 members (excludes halogenated alkanes) is 15. The second-order valence-electron chi connectivity index (χ2n) is 17.0. The number of benzene rings is 4. The van der Waals surface area contributed by atoms with Crippen LogP contribution in [0.2, 0.25) is 0 Å². The third-order valence-corrected chi connectivity index (χ3v) is 12.5. The highest BCUT2D eigenvalue weighted by molar-refractivity contribution is 7.85. The van der Waals surface area contributed by atoms with Crippen LogP contribution in [0.3, 0.4) is 0 Å². The smallest absolute Gasteiger partial charge is 0.303 e. The second kappa shape index (κ2) is 29.0. The lowest BCUT2D eigenvalue weighted by Crippen LogP contribution is -2.44. The number of amidine groups is 1. The van der Waals surface area contributed by atoms with Crippen molar-refractivity contribution in [1.29, 1.82) is 0 Å². The van der Waals surface area contributed by atoms with Gasteiger partial charge < -0.3 is 15.3 Å². The summed E-state index contributed by atoms with van der Waals surface area (Å²) in [4.78, 5) is 32.7. The van der Waals surface area contributed by atoms with Gasteiger partial charge in [-0.15, -0.1) is 5.10 Å². The summed E-state index contributed by atoms with van der Waals surface area (Å²) in [5.41, 5.74) is 9.50. The molecule has 1 aliphatic rings. The average molecular weight is 927 g/mol. The van der Waals surface area contributed by atoms with E-state index in [0.29, 0.717) is 25.1 Å². The van der Waals surface area contributed by atoms with E-state index < -0.39 is 28.0 Å². The van der Waals surface area contributed by atoms with Crippen LogP contribution < -0.4 is 15.7 Å². The fraction of sp³-hybridized carbons (Fsp3) is 0.462. The van der Waals surface area contributed by atoms with Crippen molar-refractivity contribution in [3.05, 3.63) is 125 Å². The van der Waals surface area contributed by atoms with Gasteiger partial charge in [-0.05, 0) is 90.8 Å². The van der Waals surface area contributed by atoms with Crippen LogP contribution in [0.25, 0.3) is 0 Å². The predicted octanol–water partition coefficient (Wildman–Crippen LogP) is 11.6. The molecule has 4 aromatic carbocycles. The van der Waals surface area contributed by atoms with Crippen molar-refractivity contribution in [2.24, 2.45) is 5.10 Å². The van der Waals surface area contributed by atoms with Crippen molar-refractivity contribution in [2.75, 3.05) is 10.2 Å². The topological polar surface area (TPSA) is 197 Å². The molecule has 0 saturated heterocycles. The standard InChI is InChI=1S/C28H28N4O6.C24H42O3S/c33-25(34)16-7-19-1-10-22(11-2-19)28-29-31(23-12-3-20(4-13-23)8-17-26(35)36)32(30-28)24-14-5-21(6-15-24)9-18-27(37)38;1-2-3-4-5-6-7-8-9-10-11-12-13-14-15-16-17-18-23-19-21-24(22-20-23)28(25,26)27/h1-6,10-15H,7-9,16-18H2,(H,29,30)(H,33,34)(H,35,36)(H,37,38);19-22H,2-18H2,1H3,(H,25,26,27). The number of carbonyl (C=O) groups is 3. The lowest BCUT2D eigenvalue weighted by Gasteiger charge is -2.28. The van der Waals surface area contributed by atoms with E-state index in [1.807, 2.05) is 72.8 Å². The van der Waals surface area contributed by atoms with Crippen LogP contribution in [0, 0.1) is 0 Å². The molecule has 14 heteroatoms. The molecule has 1 aliphatic heterocycles. The number of aliphatic carboxylic acids is 3. The first kappa shape index (κ1) is 52.9. The van der Waals surface area contributed by atoms with Gasteiger partial charge in [-0.1, -0.05) is 164 Å². The molecule has 358 valence electrons. The van der Waals surface area contributed by atoms with E-state index in [1.165, 1.54) is 108 Å². The number of nitrogens with one attached hydrogen (secondary N) is 1. The normalized spacial score (nSPS) is 12.3. The van der Waals surface area contributed by atoms with E-state index in [0.717, 1.165) is 52.0 Å². The molecule has 0 atom stereocenters. The summed E-state index contributed by atoms with van der Waals surface area (Å²) in [5, 5.41) is 35.1. The minimum absolute atomic E-state index is 0.0248. The van der Waals surface area contributed by atoms with E-state index in [9.17, 15) is 22.8 Å². The summed E-state index contributed by atoms with van der Waals surface area (Å²) in [6.45, 7) is 2.27. The van der Waals surface area contributed by atoms with Crippen LogP contribution in [0.5, 0.6) is 0 Å². The molecular formula is C52H70N4O9S. The van der Waals surface area contributed by atoms with Gasteiger partial charge in [0.2, 0.25) is 0 Å². The molecule has 4 aromatic rings. The SMILES string of the molecule is CCCCCCCCCCCCCCCCCCc1ccc(S(=O)(=O)O)cc1.O=C(O)CCc1ccc(C2=NN(c3ccc(CCC(=O)O)cc3)N(c3ccc(CCC(=O)O)cc3)N2)cc1. The third kappa shape index (κ3) is 20.2. The maximum absolute atomic E-state index is 11.0. The Labute approximate surface area is 391 Å². The minimum Gasteiger partial charge on any atom is -0.481 e. The second-order valence-corrected chi connectivity index (χ2v) is 18.5. The average Bonchev–Trinajstić information content (AvgIpc) is 3.75. The molecule has 0 spiro atoms. The zero-order chi connectivity index (χ0) is 47.6. The first-order chi connectivity index (χ1) is 31.8. The van der Waals surface area contributed by atoms with Crippen molar-refractivity contribution in [3.8, 4) is 0 Å². The van der Waals surface area contributed by atoms with E-state index in [-0.39, 0.29) is 24.2 Å². The summed E-state index contributed by atoms with van der Waals surface area (Å²) in [6.07, 6.45) is 24.3. The Balaban J connectivity index is 0.000000304. The van der Waals surface area contributed by atoms with Crippen LogP contribution in [0.15, 0.2) is 107 Å². The molecule has 0 aromatic heterocycles. The third-order valence-electron chi connectivity index (χ3n) is 11.6. The lowest BCUT2D eigenvalue weighted by molar-refractivity contribution is -0.138. The Morgan fingerprint density at radius 3 is 1.23 bits per heavy atom. The summed E-state index contributed by atoms with van der Waals surface area (Å²) in [5.74, 6) is -1.95. The molecule has 0 radical (unpaired) electrons. The van der Waals surface area contributed by atoms with Crippen LogP contribution in [0.4, 0.5) is 11.4 Å². The fourth-order valence-electron chi connectivity index (χ4n) is 7.67. The highest BCUT2D eigenvalue weighted by Crippen LogP contribution is 2.27. The van der Waals surface area contributed by atoms with Gasteiger partial charge >= 0.3 is 17.9 Å². The highest BCUT2D eigenvalue weighted by atomic mass is 32.2. The van der Waals surface area contributed by atoms with Crippen molar-refractivity contribution in [1.82, 2.24) is 5.43 Å². The Morgan fingerprint density at radius 2 is 0.833 bits per heavy atom. The van der Waals surface area contributed by atoms with Crippen molar-refractivity contribution in [3.63, 3.8) is 0 Å². The number of hydrogen-bond donors (Lipinski definition) is 5. The molecule has 5 N–H and O–H groups in total. The van der Waals surface area contributed by atoms with Gasteiger partial charge in [0.1, 0.15) is 0 Å². The van der Waals surface area contributed by atoms with Crippen LogP contribution >= 0.6 is 0 Å². The number of hydrogen-bond acceptors (Lipinski definition) is 9. The summed E-state index contributed by atoms with van der Waals surface area (Å²) in [7, 11) is -4.07. The molecule has 0 aliphatic carbocycles. The molecule has 13 nitrogen and oxygen atoms in total. The van der Waals surface area contributed by atoms with Gasteiger partial charge in [0.25, 0.3) is 10.1 Å². The number of nitrogens with zero attached hydrogens (tertiary/aromatic N) is 3. The van der Waals surface area contributed by atoms with Crippen LogP contribution in [-0.2, 0) is 50.2 Å². The fourth-order valence-corrected chi connectivity index (χ4v) is 8.15. The minimum atomic E-state index is -4.07. The van der Waals surface area contributed by atoms with Crippen molar-refractivity contribution in [2.45, 2.75) is 159 Å². The summed E-state index contributed by atoms with van der Waals surface area (Å²) in [6, 6.07) is 29.1. The molecule has 0 amide bonds. The van der Waals surface area contributed by atoms with Crippen molar-refractivity contribution >= 4 is 45.2 Å². The maximum Gasteiger partial charge on any atom is 0.303 e. The van der Waals surface area contributed by atoms with Crippen LogP contribution in [0.1, 0.15) is 157 Å². The molecular weight excluding hydrogens is 857 g/mol. The van der Waals surface area contributed by atoms with Gasteiger partial charge in [0.05, 0.1) is 16.3 Å². The largest absolute Gasteiger partial charge is 0.481 e.